The predicted molar refractivity (Wildman–Crippen MR) is 58.9 cm³/mol. The Balaban J connectivity index is 1.94. The van der Waals surface area contributed by atoms with Crippen LogP contribution in [0.15, 0.2) is 40.9 Å². The molecular weight excluding hydrogens is 204 g/mol. The zero-order chi connectivity index (χ0) is 11.4. The number of benzene rings is 1. The monoisotopic (exact) mass is 216 g/mol. The number of carbonyl (C=O) groups is 1. The Morgan fingerprint density at radius 2 is 2.12 bits per heavy atom. The molecule has 0 atom stereocenters. The molecule has 4 heteroatoms. The summed E-state index contributed by atoms with van der Waals surface area (Å²) in [6.45, 7) is 2.26. The normalized spacial score (nSPS) is 10.1. The van der Waals surface area contributed by atoms with E-state index in [-0.39, 0.29) is 11.7 Å². The van der Waals surface area contributed by atoms with E-state index >= 15 is 0 Å². The molecule has 0 saturated heterocycles. The number of amides is 1. The van der Waals surface area contributed by atoms with E-state index < -0.39 is 0 Å². The molecule has 0 aliphatic heterocycles. The Labute approximate surface area is 93.3 Å². The highest BCUT2D eigenvalue weighted by Gasteiger charge is 2.10. The number of hydrogen-bond donors (Lipinski definition) is 1. The van der Waals surface area contributed by atoms with Crippen molar-refractivity contribution in [1.82, 2.24) is 10.5 Å². The quantitative estimate of drug-likeness (QED) is 0.852. The SMILES string of the molecule is Cc1cc(C(=O)NCc2ccccc2)on1. The molecule has 1 aromatic heterocycles. The molecule has 1 aromatic carbocycles. The van der Waals surface area contributed by atoms with Gasteiger partial charge in [-0.3, -0.25) is 4.79 Å². The van der Waals surface area contributed by atoms with Gasteiger partial charge in [-0.25, -0.2) is 0 Å². The van der Waals surface area contributed by atoms with E-state index in [0.29, 0.717) is 12.2 Å². The van der Waals surface area contributed by atoms with Crippen molar-refractivity contribution in [2.24, 2.45) is 0 Å². The van der Waals surface area contributed by atoms with Crippen molar-refractivity contribution < 1.29 is 9.32 Å². The summed E-state index contributed by atoms with van der Waals surface area (Å²) in [5, 5.41) is 6.41. The van der Waals surface area contributed by atoms with Gasteiger partial charge in [-0.05, 0) is 12.5 Å². The van der Waals surface area contributed by atoms with Gasteiger partial charge < -0.3 is 9.84 Å². The number of aryl methyl sites for hydroxylation is 1. The van der Waals surface area contributed by atoms with Crippen LogP contribution in [0.2, 0.25) is 0 Å². The van der Waals surface area contributed by atoms with Crippen molar-refractivity contribution >= 4 is 5.91 Å². The molecule has 4 nitrogen and oxygen atoms in total. The lowest BCUT2D eigenvalue weighted by molar-refractivity contribution is 0.0914. The van der Waals surface area contributed by atoms with E-state index in [1.54, 1.807) is 13.0 Å². The molecule has 1 heterocycles. The number of carbonyl (C=O) groups excluding carboxylic acids is 1. The highest BCUT2D eigenvalue weighted by atomic mass is 16.5. The molecule has 2 aromatic rings. The van der Waals surface area contributed by atoms with Crippen LogP contribution in [0.25, 0.3) is 0 Å². The molecule has 0 aliphatic rings. The standard InChI is InChI=1S/C12H12N2O2/c1-9-7-11(16-14-9)12(15)13-8-10-5-3-2-4-6-10/h2-7H,8H2,1H3,(H,13,15). The summed E-state index contributed by atoms with van der Waals surface area (Å²) in [7, 11) is 0. The Morgan fingerprint density at radius 1 is 1.38 bits per heavy atom. The summed E-state index contributed by atoms with van der Waals surface area (Å²) >= 11 is 0. The number of nitrogens with zero attached hydrogens (tertiary/aromatic N) is 1. The Kier molecular flexibility index (Phi) is 3.00. The lowest BCUT2D eigenvalue weighted by Crippen LogP contribution is -2.22. The second kappa shape index (κ2) is 4.61. The van der Waals surface area contributed by atoms with Gasteiger partial charge in [0, 0.05) is 12.6 Å². The minimum absolute atomic E-state index is 0.244. The van der Waals surface area contributed by atoms with Crippen LogP contribution in [0.3, 0.4) is 0 Å². The van der Waals surface area contributed by atoms with Gasteiger partial charge in [-0.2, -0.15) is 0 Å². The fourth-order valence-corrected chi connectivity index (χ4v) is 1.34. The summed E-state index contributed by atoms with van der Waals surface area (Å²) in [5.41, 5.74) is 1.75. The van der Waals surface area contributed by atoms with E-state index in [1.165, 1.54) is 0 Å². The number of hydrogen-bond acceptors (Lipinski definition) is 3. The number of rotatable bonds is 3. The molecule has 0 unspecified atom stereocenters. The topological polar surface area (TPSA) is 55.1 Å². The van der Waals surface area contributed by atoms with E-state index in [1.807, 2.05) is 30.3 Å². The van der Waals surface area contributed by atoms with Crippen LogP contribution in [0.5, 0.6) is 0 Å². The molecule has 0 fully saturated rings. The maximum absolute atomic E-state index is 11.6. The number of aromatic nitrogens is 1. The van der Waals surface area contributed by atoms with E-state index in [2.05, 4.69) is 10.5 Å². The van der Waals surface area contributed by atoms with Crippen LogP contribution in [-0.4, -0.2) is 11.1 Å². The molecule has 2 rings (SSSR count). The second-order valence-electron chi connectivity index (χ2n) is 3.50. The summed E-state index contributed by atoms with van der Waals surface area (Å²) in [6, 6.07) is 11.3. The van der Waals surface area contributed by atoms with Gasteiger partial charge in [0.2, 0.25) is 5.76 Å². The van der Waals surface area contributed by atoms with Gasteiger partial charge in [0.1, 0.15) is 0 Å². The minimum Gasteiger partial charge on any atom is -0.351 e. The highest BCUT2D eigenvalue weighted by molar-refractivity contribution is 5.91. The van der Waals surface area contributed by atoms with Gasteiger partial charge in [0.05, 0.1) is 5.69 Å². The van der Waals surface area contributed by atoms with Gasteiger partial charge in [0.25, 0.3) is 5.91 Å². The average Bonchev–Trinajstić information content (AvgIpc) is 2.74. The van der Waals surface area contributed by atoms with Gasteiger partial charge >= 0.3 is 0 Å². The first kappa shape index (κ1) is 10.4. The molecule has 0 bridgehead atoms. The van der Waals surface area contributed by atoms with Gasteiger partial charge in [-0.15, -0.1) is 0 Å². The molecule has 0 saturated carbocycles. The lowest BCUT2D eigenvalue weighted by atomic mass is 10.2. The largest absolute Gasteiger partial charge is 0.351 e. The smallest absolute Gasteiger partial charge is 0.290 e. The summed E-state index contributed by atoms with van der Waals surface area (Å²) in [5.74, 6) is -0.00196. The first-order valence-electron chi connectivity index (χ1n) is 5.01. The molecule has 1 N–H and O–H groups in total. The van der Waals surface area contributed by atoms with E-state index in [9.17, 15) is 4.79 Å². The van der Waals surface area contributed by atoms with Crippen molar-refractivity contribution in [2.75, 3.05) is 0 Å². The first-order chi connectivity index (χ1) is 7.75. The van der Waals surface area contributed by atoms with Crippen LogP contribution < -0.4 is 5.32 Å². The fraction of sp³-hybridized carbons (Fsp3) is 0.167. The maximum atomic E-state index is 11.6. The fourth-order valence-electron chi connectivity index (χ4n) is 1.34. The first-order valence-corrected chi connectivity index (χ1v) is 5.01. The summed E-state index contributed by atoms with van der Waals surface area (Å²) < 4.78 is 4.85. The molecule has 0 aliphatic carbocycles. The van der Waals surface area contributed by atoms with Crippen molar-refractivity contribution in [3.05, 3.63) is 53.4 Å². The Hall–Kier alpha value is -2.10. The molecular formula is C12H12N2O2. The predicted octanol–water partition coefficient (Wildman–Crippen LogP) is 1.91. The van der Waals surface area contributed by atoms with Crippen molar-refractivity contribution in [3.8, 4) is 0 Å². The van der Waals surface area contributed by atoms with Crippen LogP contribution in [-0.2, 0) is 6.54 Å². The maximum Gasteiger partial charge on any atom is 0.290 e. The highest BCUT2D eigenvalue weighted by Crippen LogP contribution is 2.03. The zero-order valence-electron chi connectivity index (χ0n) is 8.93. The molecule has 16 heavy (non-hydrogen) atoms. The van der Waals surface area contributed by atoms with Crippen LogP contribution in [0.4, 0.5) is 0 Å². The van der Waals surface area contributed by atoms with Crippen LogP contribution >= 0.6 is 0 Å². The van der Waals surface area contributed by atoms with Crippen molar-refractivity contribution in [1.29, 1.82) is 0 Å². The van der Waals surface area contributed by atoms with Crippen molar-refractivity contribution in [3.63, 3.8) is 0 Å². The molecule has 0 spiro atoms. The average molecular weight is 216 g/mol. The lowest BCUT2D eigenvalue weighted by Gasteiger charge is -2.01. The number of nitrogens with one attached hydrogen (secondary N) is 1. The molecule has 0 radical (unpaired) electrons. The zero-order valence-corrected chi connectivity index (χ0v) is 8.93. The van der Waals surface area contributed by atoms with Crippen LogP contribution in [0.1, 0.15) is 21.8 Å². The third-order valence-electron chi connectivity index (χ3n) is 2.15. The molecule has 1 amide bonds. The third kappa shape index (κ3) is 2.48. The minimum atomic E-state index is -0.246. The third-order valence-corrected chi connectivity index (χ3v) is 2.15. The summed E-state index contributed by atoms with van der Waals surface area (Å²) in [6.07, 6.45) is 0. The van der Waals surface area contributed by atoms with Gasteiger partial charge in [-0.1, -0.05) is 35.5 Å². The molecule has 82 valence electrons. The van der Waals surface area contributed by atoms with E-state index in [0.717, 1.165) is 5.56 Å². The second-order valence-corrected chi connectivity index (χ2v) is 3.50. The van der Waals surface area contributed by atoms with Crippen LogP contribution in [0, 0.1) is 6.92 Å². The van der Waals surface area contributed by atoms with E-state index in [4.69, 9.17) is 4.52 Å². The van der Waals surface area contributed by atoms with Gasteiger partial charge in [0.15, 0.2) is 0 Å². The Morgan fingerprint density at radius 3 is 2.75 bits per heavy atom. The summed E-state index contributed by atoms with van der Waals surface area (Å²) in [4.78, 5) is 11.6. The van der Waals surface area contributed by atoms with Crippen molar-refractivity contribution in [2.45, 2.75) is 13.5 Å². The Bertz CT molecular complexity index is 477.